The number of aromatic nitrogens is 2. The fourth-order valence-electron chi connectivity index (χ4n) is 2.06. The van der Waals surface area contributed by atoms with E-state index in [1.54, 1.807) is 0 Å². The zero-order valence-corrected chi connectivity index (χ0v) is 10.4. The zero-order chi connectivity index (χ0) is 11.6. The number of hydrogen-bond acceptors (Lipinski definition) is 3. The van der Waals surface area contributed by atoms with Gasteiger partial charge in [-0.3, -0.25) is 0 Å². The van der Waals surface area contributed by atoms with Crippen LogP contribution < -0.4 is 5.73 Å². The molecule has 1 aromatic rings. The van der Waals surface area contributed by atoms with Crippen LogP contribution in [-0.4, -0.2) is 35.1 Å². The topological polar surface area (TPSA) is 47.1 Å². The third kappa shape index (κ3) is 3.55. The Bertz CT molecular complexity index is 325. The number of nitrogens with two attached hydrogens (primary N) is 1. The SMILES string of the molecule is Cc1cn(CC(C)(C)CN(C)C)c(N)n1. The number of imidazole rings is 1. The van der Waals surface area contributed by atoms with Crippen molar-refractivity contribution < 1.29 is 0 Å². The van der Waals surface area contributed by atoms with E-state index in [1.807, 2.05) is 17.7 Å². The Kier molecular flexibility index (Phi) is 3.39. The predicted molar refractivity (Wildman–Crippen MR) is 63.7 cm³/mol. The van der Waals surface area contributed by atoms with E-state index in [9.17, 15) is 0 Å². The lowest BCUT2D eigenvalue weighted by Crippen LogP contribution is -2.32. The highest BCUT2D eigenvalue weighted by atomic mass is 15.2. The molecule has 1 heterocycles. The van der Waals surface area contributed by atoms with E-state index >= 15 is 0 Å². The van der Waals surface area contributed by atoms with Gasteiger partial charge < -0.3 is 15.2 Å². The van der Waals surface area contributed by atoms with Crippen LogP contribution in [-0.2, 0) is 6.54 Å². The maximum atomic E-state index is 5.82. The lowest BCUT2D eigenvalue weighted by molar-refractivity contribution is 0.212. The van der Waals surface area contributed by atoms with Crippen LogP contribution in [0.4, 0.5) is 5.95 Å². The van der Waals surface area contributed by atoms with Gasteiger partial charge in [-0.15, -0.1) is 0 Å². The molecule has 86 valence electrons. The molecule has 0 aromatic carbocycles. The molecule has 0 radical (unpaired) electrons. The monoisotopic (exact) mass is 210 g/mol. The van der Waals surface area contributed by atoms with Crippen LogP contribution in [0.5, 0.6) is 0 Å². The summed E-state index contributed by atoms with van der Waals surface area (Å²) in [7, 11) is 4.18. The first-order chi connectivity index (χ1) is 6.80. The minimum Gasteiger partial charge on any atom is -0.369 e. The summed E-state index contributed by atoms with van der Waals surface area (Å²) in [5, 5.41) is 0. The Labute approximate surface area is 92.1 Å². The molecular weight excluding hydrogens is 188 g/mol. The van der Waals surface area contributed by atoms with E-state index in [0.717, 1.165) is 18.8 Å². The number of anilines is 1. The van der Waals surface area contributed by atoms with Crippen LogP contribution in [0.25, 0.3) is 0 Å². The Balaban J connectivity index is 2.72. The van der Waals surface area contributed by atoms with Gasteiger partial charge in [-0.1, -0.05) is 13.8 Å². The van der Waals surface area contributed by atoms with Crippen molar-refractivity contribution in [1.29, 1.82) is 0 Å². The molecule has 0 aliphatic rings. The normalized spacial score (nSPS) is 12.4. The summed E-state index contributed by atoms with van der Waals surface area (Å²) in [5.41, 5.74) is 7.00. The molecule has 0 fully saturated rings. The summed E-state index contributed by atoms with van der Waals surface area (Å²) in [6.45, 7) is 8.37. The number of aryl methyl sites for hydroxylation is 1. The van der Waals surface area contributed by atoms with Crippen LogP contribution in [0.3, 0.4) is 0 Å². The first-order valence-electron chi connectivity index (χ1n) is 5.24. The molecule has 1 rings (SSSR count). The standard InChI is InChI=1S/C11H22N4/c1-9-6-15(10(12)13-9)8-11(2,3)7-14(4)5/h6H,7-8H2,1-5H3,(H2,12,13). The van der Waals surface area contributed by atoms with Gasteiger partial charge in [0.2, 0.25) is 0 Å². The summed E-state index contributed by atoms with van der Waals surface area (Å²) in [4.78, 5) is 6.40. The summed E-state index contributed by atoms with van der Waals surface area (Å²) in [6, 6.07) is 0. The molecule has 4 nitrogen and oxygen atoms in total. The van der Waals surface area contributed by atoms with Crippen molar-refractivity contribution in [3.63, 3.8) is 0 Å². The van der Waals surface area contributed by atoms with Crippen molar-refractivity contribution in [2.45, 2.75) is 27.3 Å². The highest BCUT2D eigenvalue weighted by molar-refractivity contribution is 5.21. The van der Waals surface area contributed by atoms with E-state index in [4.69, 9.17) is 5.73 Å². The van der Waals surface area contributed by atoms with E-state index in [2.05, 4.69) is 37.8 Å². The summed E-state index contributed by atoms with van der Waals surface area (Å²) in [6.07, 6.45) is 2.01. The Hall–Kier alpha value is -1.03. The molecule has 0 aliphatic carbocycles. The van der Waals surface area contributed by atoms with Crippen LogP contribution in [0.2, 0.25) is 0 Å². The van der Waals surface area contributed by atoms with Crippen molar-refractivity contribution in [3.8, 4) is 0 Å². The van der Waals surface area contributed by atoms with Gasteiger partial charge in [0.25, 0.3) is 0 Å². The quantitative estimate of drug-likeness (QED) is 0.816. The molecule has 0 amide bonds. The Morgan fingerprint density at radius 3 is 2.47 bits per heavy atom. The summed E-state index contributed by atoms with van der Waals surface area (Å²) >= 11 is 0. The van der Waals surface area contributed by atoms with Gasteiger partial charge in [0, 0.05) is 19.3 Å². The largest absolute Gasteiger partial charge is 0.369 e. The van der Waals surface area contributed by atoms with Crippen LogP contribution in [0.1, 0.15) is 19.5 Å². The van der Waals surface area contributed by atoms with E-state index in [0.29, 0.717) is 5.95 Å². The molecule has 0 saturated heterocycles. The third-order valence-electron chi connectivity index (χ3n) is 2.27. The lowest BCUT2D eigenvalue weighted by atomic mass is 9.93. The number of nitrogens with zero attached hydrogens (tertiary/aromatic N) is 3. The molecule has 0 unspecified atom stereocenters. The van der Waals surface area contributed by atoms with Crippen LogP contribution in [0.15, 0.2) is 6.20 Å². The molecule has 0 bridgehead atoms. The molecule has 4 heteroatoms. The summed E-state index contributed by atoms with van der Waals surface area (Å²) < 4.78 is 2.03. The van der Waals surface area contributed by atoms with Gasteiger partial charge in [-0.05, 0) is 26.4 Å². The maximum Gasteiger partial charge on any atom is 0.200 e. The molecule has 0 spiro atoms. The Morgan fingerprint density at radius 1 is 1.47 bits per heavy atom. The van der Waals surface area contributed by atoms with Crippen molar-refractivity contribution in [1.82, 2.24) is 14.5 Å². The van der Waals surface area contributed by atoms with Gasteiger partial charge in [0.05, 0.1) is 5.69 Å². The van der Waals surface area contributed by atoms with E-state index in [-0.39, 0.29) is 5.41 Å². The predicted octanol–water partition coefficient (Wildman–Crippen LogP) is 1.36. The Morgan fingerprint density at radius 2 is 2.07 bits per heavy atom. The van der Waals surface area contributed by atoms with Gasteiger partial charge in [-0.25, -0.2) is 4.98 Å². The average molecular weight is 210 g/mol. The van der Waals surface area contributed by atoms with Crippen molar-refractivity contribution >= 4 is 5.95 Å². The van der Waals surface area contributed by atoms with Gasteiger partial charge >= 0.3 is 0 Å². The highest BCUT2D eigenvalue weighted by Crippen LogP contribution is 2.20. The van der Waals surface area contributed by atoms with Crippen LogP contribution >= 0.6 is 0 Å². The van der Waals surface area contributed by atoms with Crippen LogP contribution in [0, 0.1) is 12.3 Å². The first-order valence-corrected chi connectivity index (χ1v) is 5.24. The number of nitrogen functional groups attached to an aromatic ring is 1. The molecule has 0 aliphatic heterocycles. The molecule has 0 atom stereocenters. The molecule has 0 saturated carbocycles. The second-order valence-corrected chi connectivity index (χ2v) is 5.27. The van der Waals surface area contributed by atoms with E-state index in [1.165, 1.54) is 0 Å². The minimum atomic E-state index is 0.199. The van der Waals surface area contributed by atoms with Gasteiger partial charge in [-0.2, -0.15) is 0 Å². The fraction of sp³-hybridized carbons (Fsp3) is 0.727. The van der Waals surface area contributed by atoms with Crippen molar-refractivity contribution in [2.24, 2.45) is 5.41 Å². The highest BCUT2D eigenvalue weighted by Gasteiger charge is 2.20. The van der Waals surface area contributed by atoms with Gasteiger partial charge in [0.1, 0.15) is 0 Å². The molecule has 15 heavy (non-hydrogen) atoms. The maximum absolute atomic E-state index is 5.82. The van der Waals surface area contributed by atoms with Gasteiger partial charge in [0.15, 0.2) is 5.95 Å². The zero-order valence-electron chi connectivity index (χ0n) is 10.4. The summed E-state index contributed by atoms with van der Waals surface area (Å²) in [5.74, 6) is 0.610. The van der Waals surface area contributed by atoms with Crippen molar-refractivity contribution in [2.75, 3.05) is 26.4 Å². The molecule has 1 aromatic heterocycles. The number of rotatable bonds is 4. The minimum absolute atomic E-state index is 0.199. The molecular formula is C11H22N4. The molecule has 2 N–H and O–H groups in total. The van der Waals surface area contributed by atoms with E-state index < -0.39 is 0 Å². The number of hydrogen-bond donors (Lipinski definition) is 1. The average Bonchev–Trinajstić information content (AvgIpc) is 2.25. The fourth-order valence-corrected chi connectivity index (χ4v) is 2.06. The second-order valence-electron chi connectivity index (χ2n) is 5.27. The smallest absolute Gasteiger partial charge is 0.200 e. The van der Waals surface area contributed by atoms with Crippen molar-refractivity contribution in [3.05, 3.63) is 11.9 Å². The third-order valence-corrected chi connectivity index (χ3v) is 2.27. The lowest BCUT2D eigenvalue weighted by Gasteiger charge is -2.28. The first kappa shape index (κ1) is 12.0. The second kappa shape index (κ2) is 4.23.